The van der Waals surface area contributed by atoms with Gasteiger partial charge in [0.05, 0.1) is 11.4 Å². The zero-order chi connectivity index (χ0) is 20.6. The van der Waals surface area contributed by atoms with Crippen LogP contribution in [0.2, 0.25) is 5.02 Å². The first-order valence-electron chi connectivity index (χ1n) is 8.34. The standard InChI is InChI=1S/C20H17BrClN3O3/c1-11-15(22)5-4-6-16(11)25-19(27)13(18(26)23-20(25)28)9-12-7-8-17(24(2)3)14(21)10-12/h4-10H,1-3H3,(H,23,26,28)/b13-9-. The van der Waals surface area contributed by atoms with Crippen molar-refractivity contribution in [1.29, 1.82) is 0 Å². The summed E-state index contributed by atoms with van der Waals surface area (Å²) in [5, 5.41) is 2.64. The number of amides is 4. The van der Waals surface area contributed by atoms with Crippen LogP contribution in [-0.2, 0) is 9.59 Å². The predicted molar refractivity (Wildman–Crippen MR) is 114 cm³/mol. The maximum absolute atomic E-state index is 13.0. The van der Waals surface area contributed by atoms with Crippen molar-refractivity contribution < 1.29 is 14.4 Å². The van der Waals surface area contributed by atoms with Crippen LogP contribution in [0.5, 0.6) is 0 Å². The minimum absolute atomic E-state index is 0.136. The Labute approximate surface area is 175 Å². The molecule has 1 aliphatic heterocycles. The Morgan fingerprint density at radius 1 is 1.14 bits per heavy atom. The van der Waals surface area contributed by atoms with E-state index in [1.807, 2.05) is 25.1 Å². The number of carbonyl (C=O) groups is 3. The molecule has 0 radical (unpaired) electrons. The van der Waals surface area contributed by atoms with E-state index in [1.54, 1.807) is 37.3 Å². The molecule has 0 saturated carbocycles. The summed E-state index contributed by atoms with van der Waals surface area (Å²) in [6.45, 7) is 1.70. The zero-order valence-electron chi connectivity index (χ0n) is 15.4. The van der Waals surface area contributed by atoms with E-state index in [0.717, 1.165) is 15.1 Å². The van der Waals surface area contributed by atoms with Gasteiger partial charge in [-0.05, 0) is 64.3 Å². The summed E-state index contributed by atoms with van der Waals surface area (Å²) in [5.41, 5.74) is 2.36. The minimum Gasteiger partial charge on any atom is -0.377 e. The third kappa shape index (κ3) is 3.68. The number of nitrogens with one attached hydrogen (secondary N) is 1. The number of hydrogen-bond acceptors (Lipinski definition) is 4. The van der Waals surface area contributed by atoms with Gasteiger partial charge in [0, 0.05) is 23.6 Å². The smallest absolute Gasteiger partial charge is 0.335 e. The second-order valence-electron chi connectivity index (χ2n) is 6.45. The molecule has 0 aromatic heterocycles. The van der Waals surface area contributed by atoms with Gasteiger partial charge in [-0.3, -0.25) is 14.9 Å². The van der Waals surface area contributed by atoms with Crippen LogP contribution >= 0.6 is 27.5 Å². The third-order valence-electron chi connectivity index (χ3n) is 4.35. The van der Waals surface area contributed by atoms with E-state index in [0.29, 0.717) is 21.8 Å². The highest BCUT2D eigenvalue weighted by atomic mass is 79.9. The van der Waals surface area contributed by atoms with E-state index in [-0.39, 0.29) is 5.57 Å². The molecule has 0 aliphatic carbocycles. The molecule has 2 aromatic rings. The number of carbonyl (C=O) groups excluding carboxylic acids is 3. The number of anilines is 2. The highest BCUT2D eigenvalue weighted by molar-refractivity contribution is 9.10. The SMILES string of the molecule is Cc1c(Cl)cccc1N1C(=O)NC(=O)/C(=C/c2ccc(N(C)C)c(Br)c2)C1=O. The van der Waals surface area contributed by atoms with Crippen molar-refractivity contribution in [3.63, 3.8) is 0 Å². The molecule has 1 saturated heterocycles. The van der Waals surface area contributed by atoms with Crippen LogP contribution in [0.3, 0.4) is 0 Å². The summed E-state index contributed by atoms with van der Waals surface area (Å²) in [6, 6.07) is 9.57. The Morgan fingerprint density at radius 2 is 1.86 bits per heavy atom. The van der Waals surface area contributed by atoms with Gasteiger partial charge in [-0.25, -0.2) is 9.69 Å². The third-order valence-corrected chi connectivity index (χ3v) is 5.39. The maximum atomic E-state index is 13.0. The summed E-state index contributed by atoms with van der Waals surface area (Å²) < 4.78 is 0.814. The second kappa shape index (κ2) is 7.77. The molecule has 0 bridgehead atoms. The lowest BCUT2D eigenvalue weighted by Crippen LogP contribution is -2.54. The minimum atomic E-state index is -0.804. The lowest BCUT2D eigenvalue weighted by molar-refractivity contribution is -0.122. The monoisotopic (exact) mass is 461 g/mol. The average molecular weight is 463 g/mol. The number of nitrogens with zero attached hydrogens (tertiary/aromatic N) is 2. The van der Waals surface area contributed by atoms with Crippen LogP contribution in [0.1, 0.15) is 11.1 Å². The molecule has 28 heavy (non-hydrogen) atoms. The van der Waals surface area contributed by atoms with Gasteiger partial charge in [-0.15, -0.1) is 0 Å². The van der Waals surface area contributed by atoms with Crippen molar-refractivity contribution in [1.82, 2.24) is 5.32 Å². The summed E-state index contributed by atoms with van der Waals surface area (Å²) >= 11 is 9.60. The van der Waals surface area contributed by atoms with E-state index in [9.17, 15) is 14.4 Å². The van der Waals surface area contributed by atoms with Crippen LogP contribution in [0.25, 0.3) is 6.08 Å². The Hall–Kier alpha value is -2.64. The summed E-state index contributed by atoms with van der Waals surface area (Å²) in [4.78, 5) is 40.5. The van der Waals surface area contributed by atoms with Crippen LogP contribution in [0, 0.1) is 6.92 Å². The Balaban J connectivity index is 2.04. The molecule has 1 heterocycles. The van der Waals surface area contributed by atoms with Gasteiger partial charge in [0.25, 0.3) is 11.8 Å². The van der Waals surface area contributed by atoms with E-state index in [2.05, 4.69) is 21.2 Å². The van der Waals surface area contributed by atoms with Gasteiger partial charge in [-0.1, -0.05) is 23.7 Å². The van der Waals surface area contributed by atoms with Gasteiger partial charge < -0.3 is 4.90 Å². The fraction of sp³-hybridized carbons (Fsp3) is 0.150. The van der Waals surface area contributed by atoms with Gasteiger partial charge in [0.15, 0.2) is 0 Å². The molecule has 1 aliphatic rings. The van der Waals surface area contributed by atoms with E-state index in [4.69, 9.17) is 11.6 Å². The molecular formula is C20H17BrClN3O3. The van der Waals surface area contributed by atoms with Crippen LogP contribution in [0.15, 0.2) is 46.4 Å². The van der Waals surface area contributed by atoms with Gasteiger partial charge in [-0.2, -0.15) is 0 Å². The molecule has 1 fully saturated rings. The van der Waals surface area contributed by atoms with Crippen molar-refractivity contribution in [3.05, 3.63) is 62.6 Å². The number of rotatable bonds is 3. The quantitative estimate of drug-likeness (QED) is 0.550. The number of benzene rings is 2. The van der Waals surface area contributed by atoms with Gasteiger partial charge in [0.1, 0.15) is 5.57 Å². The molecule has 6 nitrogen and oxygen atoms in total. The van der Waals surface area contributed by atoms with Gasteiger partial charge >= 0.3 is 6.03 Å². The number of urea groups is 1. The van der Waals surface area contributed by atoms with E-state index < -0.39 is 17.8 Å². The average Bonchev–Trinajstić information content (AvgIpc) is 2.61. The molecule has 2 aromatic carbocycles. The molecule has 1 N–H and O–H groups in total. The normalized spacial score (nSPS) is 15.8. The Kier molecular flexibility index (Phi) is 5.58. The molecule has 0 spiro atoms. The lowest BCUT2D eigenvalue weighted by Gasteiger charge is -2.27. The van der Waals surface area contributed by atoms with Crippen molar-refractivity contribution in [2.45, 2.75) is 6.92 Å². The van der Waals surface area contributed by atoms with Crippen molar-refractivity contribution >= 4 is 62.8 Å². The zero-order valence-corrected chi connectivity index (χ0v) is 17.8. The summed E-state index contributed by atoms with van der Waals surface area (Å²) in [5.74, 6) is -1.44. The number of hydrogen-bond donors (Lipinski definition) is 1. The van der Waals surface area contributed by atoms with Gasteiger partial charge in [0.2, 0.25) is 0 Å². The van der Waals surface area contributed by atoms with E-state index >= 15 is 0 Å². The molecule has 3 rings (SSSR count). The van der Waals surface area contributed by atoms with Crippen molar-refractivity contribution in [3.8, 4) is 0 Å². The molecule has 144 valence electrons. The highest BCUT2D eigenvalue weighted by Crippen LogP contribution is 2.30. The Morgan fingerprint density at radius 3 is 2.50 bits per heavy atom. The first-order chi connectivity index (χ1) is 13.2. The molecule has 0 atom stereocenters. The largest absolute Gasteiger partial charge is 0.377 e. The predicted octanol–water partition coefficient (Wildman–Crippen LogP) is 4.14. The second-order valence-corrected chi connectivity index (χ2v) is 7.71. The fourth-order valence-corrected chi connectivity index (χ4v) is 3.78. The van der Waals surface area contributed by atoms with Crippen molar-refractivity contribution in [2.75, 3.05) is 23.9 Å². The molecule has 8 heteroatoms. The first kappa shape index (κ1) is 20.1. The fourth-order valence-electron chi connectivity index (χ4n) is 2.86. The number of imide groups is 2. The maximum Gasteiger partial charge on any atom is 0.335 e. The van der Waals surface area contributed by atoms with E-state index in [1.165, 1.54) is 6.08 Å². The molecule has 0 unspecified atom stereocenters. The topological polar surface area (TPSA) is 69.7 Å². The van der Waals surface area contributed by atoms with Crippen LogP contribution in [-0.4, -0.2) is 31.9 Å². The number of barbiturate groups is 1. The number of halogens is 2. The molecular weight excluding hydrogens is 446 g/mol. The summed E-state index contributed by atoms with van der Waals surface area (Å²) in [7, 11) is 3.82. The summed E-state index contributed by atoms with van der Waals surface area (Å²) in [6.07, 6.45) is 1.46. The van der Waals surface area contributed by atoms with Crippen LogP contribution < -0.4 is 15.1 Å². The van der Waals surface area contributed by atoms with Crippen LogP contribution in [0.4, 0.5) is 16.2 Å². The lowest BCUT2D eigenvalue weighted by atomic mass is 10.1. The molecule has 4 amide bonds. The highest BCUT2D eigenvalue weighted by Gasteiger charge is 2.37. The Bertz CT molecular complexity index is 1030. The first-order valence-corrected chi connectivity index (χ1v) is 9.51. The van der Waals surface area contributed by atoms with Crippen molar-refractivity contribution in [2.24, 2.45) is 0 Å².